The van der Waals surface area contributed by atoms with Crippen molar-refractivity contribution in [3.8, 4) is 28.5 Å². The van der Waals surface area contributed by atoms with Gasteiger partial charge in [-0.2, -0.15) is 0 Å². The SMILES string of the molecule is CCCCOc1ccc(-c2nc(-c3cccc(S(C)(=O)=O)c3)nn2C23CC(C2)C3)cc1. The van der Waals surface area contributed by atoms with Crippen molar-refractivity contribution in [2.45, 2.75) is 49.5 Å². The van der Waals surface area contributed by atoms with Gasteiger partial charge in [0.2, 0.25) is 0 Å². The van der Waals surface area contributed by atoms with Gasteiger partial charge in [0.25, 0.3) is 0 Å². The molecule has 0 atom stereocenters. The summed E-state index contributed by atoms with van der Waals surface area (Å²) >= 11 is 0. The number of aromatic nitrogens is 3. The molecule has 0 amide bonds. The third-order valence-corrected chi connectivity index (χ3v) is 7.57. The van der Waals surface area contributed by atoms with Gasteiger partial charge in [0.05, 0.1) is 17.0 Å². The lowest BCUT2D eigenvalue weighted by molar-refractivity contribution is -0.0965. The molecule has 3 fully saturated rings. The van der Waals surface area contributed by atoms with Crippen molar-refractivity contribution in [2.24, 2.45) is 5.92 Å². The second-order valence-electron chi connectivity index (χ2n) is 8.90. The van der Waals surface area contributed by atoms with Crippen molar-refractivity contribution in [3.05, 3.63) is 48.5 Å². The largest absolute Gasteiger partial charge is 0.494 e. The number of unbranched alkanes of at least 4 members (excludes halogenated alkanes) is 1. The lowest BCUT2D eigenvalue weighted by Crippen LogP contribution is -2.59. The van der Waals surface area contributed by atoms with E-state index in [4.69, 9.17) is 14.8 Å². The van der Waals surface area contributed by atoms with Gasteiger partial charge in [0.15, 0.2) is 21.5 Å². The summed E-state index contributed by atoms with van der Waals surface area (Å²) in [5.74, 6) is 3.06. The molecular weight excluding hydrogens is 410 g/mol. The van der Waals surface area contributed by atoms with E-state index >= 15 is 0 Å². The van der Waals surface area contributed by atoms with Crippen LogP contribution in [0.5, 0.6) is 5.75 Å². The van der Waals surface area contributed by atoms with Crippen LogP contribution in [0.1, 0.15) is 39.0 Å². The Morgan fingerprint density at radius 2 is 1.84 bits per heavy atom. The molecule has 162 valence electrons. The molecule has 6 nitrogen and oxygen atoms in total. The molecular formula is C24H27N3O3S. The quantitative estimate of drug-likeness (QED) is 0.478. The molecule has 3 saturated carbocycles. The molecule has 2 bridgehead atoms. The molecule has 31 heavy (non-hydrogen) atoms. The fraction of sp³-hybridized carbons (Fsp3) is 0.417. The second-order valence-corrected chi connectivity index (χ2v) is 10.9. The van der Waals surface area contributed by atoms with Crippen LogP contribution < -0.4 is 4.74 Å². The number of sulfone groups is 1. The van der Waals surface area contributed by atoms with Crippen molar-refractivity contribution >= 4 is 9.84 Å². The van der Waals surface area contributed by atoms with Gasteiger partial charge >= 0.3 is 0 Å². The van der Waals surface area contributed by atoms with E-state index in [0.29, 0.717) is 11.4 Å². The third-order valence-electron chi connectivity index (χ3n) is 6.46. The van der Waals surface area contributed by atoms with Crippen molar-refractivity contribution in [2.75, 3.05) is 12.9 Å². The van der Waals surface area contributed by atoms with Gasteiger partial charge in [-0.05, 0) is 68.0 Å². The van der Waals surface area contributed by atoms with E-state index in [1.54, 1.807) is 18.2 Å². The Morgan fingerprint density at radius 1 is 1.10 bits per heavy atom. The highest BCUT2D eigenvalue weighted by Crippen LogP contribution is 2.62. The molecule has 3 aliphatic carbocycles. The zero-order valence-corrected chi connectivity index (χ0v) is 18.7. The summed E-state index contributed by atoms with van der Waals surface area (Å²) in [7, 11) is -3.29. The van der Waals surface area contributed by atoms with Gasteiger partial charge in [-0.25, -0.2) is 18.1 Å². The van der Waals surface area contributed by atoms with Crippen molar-refractivity contribution < 1.29 is 13.2 Å². The Labute approximate surface area is 183 Å². The lowest BCUT2D eigenvalue weighted by atomic mass is 9.50. The van der Waals surface area contributed by atoms with E-state index in [9.17, 15) is 8.42 Å². The Hall–Kier alpha value is -2.67. The van der Waals surface area contributed by atoms with E-state index < -0.39 is 9.84 Å². The average Bonchev–Trinajstić information content (AvgIpc) is 3.11. The first-order valence-corrected chi connectivity index (χ1v) is 12.8. The number of nitrogens with zero attached hydrogens (tertiary/aromatic N) is 3. The molecule has 0 saturated heterocycles. The minimum absolute atomic E-state index is 0.0655. The number of benzene rings is 2. The third kappa shape index (κ3) is 3.65. The first-order valence-electron chi connectivity index (χ1n) is 10.9. The topological polar surface area (TPSA) is 74.1 Å². The van der Waals surface area contributed by atoms with Gasteiger partial charge in [0, 0.05) is 17.4 Å². The smallest absolute Gasteiger partial charge is 0.181 e. The summed E-state index contributed by atoms with van der Waals surface area (Å²) in [6, 6.07) is 14.9. The normalized spacial score (nSPS) is 21.9. The Balaban J connectivity index is 1.51. The molecule has 7 heteroatoms. The fourth-order valence-electron chi connectivity index (χ4n) is 4.54. The molecule has 3 aliphatic rings. The maximum atomic E-state index is 12.0. The number of rotatable bonds is 8. The van der Waals surface area contributed by atoms with Crippen LogP contribution in [0, 0.1) is 5.92 Å². The molecule has 3 aromatic rings. The van der Waals surface area contributed by atoms with E-state index in [1.165, 1.54) is 6.26 Å². The molecule has 6 rings (SSSR count). The summed E-state index contributed by atoms with van der Waals surface area (Å²) < 4.78 is 31.9. The molecule has 0 spiro atoms. The molecule has 0 N–H and O–H groups in total. The standard InChI is InChI=1S/C24H27N3O3S/c1-3-4-12-30-20-10-8-18(9-11-20)23-25-22(26-27(23)24-14-17(15-24)16-24)19-6-5-7-21(13-19)31(2,28)29/h5-11,13,17H,3-4,12,14-16H2,1-2H3. The summed E-state index contributed by atoms with van der Waals surface area (Å²) in [4.78, 5) is 5.15. The van der Waals surface area contributed by atoms with E-state index in [0.717, 1.165) is 61.8 Å². The molecule has 1 heterocycles. The van der Waals surface area contributed by atoms with Crippen molar-refractivity contribution in [1.29, 1.82) is 0 Å². The van der Waals surface area contributed by atoms with Crippen molar-refractivity contribution in [3.63, 3.8) is 0 Å². The minimum atomic E-state index is -3.29. The van der Waals surface area contributed by atoms with Crippen LogP contribution in [0.25, 0.3) is 22.8 Å². The van der Waals surface area contributed by atoms with Crippen LogP contribution in [0.15, 0.2) is 53.4 Å². The van der Waals surface area contributed by atoms with Gasteiger partial charge in [-0.15, -0.1) is 5.10 Å². The van der Waals surface area contributed by atoms with Crippen LogP contribution >= 0.6 is 0 Å². The summed E-state index contributed by atoms with van der Waals surface area (Å²) in [5, 5.41) is 4.87. The van der Waals surface area contributed by atoms with Gasteiger partial charge in [-0.1, -0.05) is 25.5 Å². The number of hydrogen-bond acceptors (Lipinski definition) is 5. The van der Waals surface area contributed by atoms with Crippen LogP contribution in [0.2, 0.25) is 0 Å². The van der Waals surface area contributed by atoms with Crippen LogP contribution in [-0.2, 0) is 15.4 Å². The maximum absolute atomic E-state index is 12.0. The average molecular weight is 438 g/mol. The van der Waals surface area contributed by atoms with Gasteiger partial charge < -0.3 is 4.74 Å². The first-order chi connectivity index (χ1) is 14.9. The van der Waals surface area contributed by atoms with Crippen LogP contribution in [0.3, 0.4) is 0 Å². The van der Waals surface area contributed by atoms with E-state index in [1.807, 2.05) is 30.3 Å². The molecule has 0 unspecified atom stereocenters. The summed E-state index contributed by atoms with van der Waals surface area (Å²) in [5.41, 5.74) is 1.77. The second kappa shape index (κ2) is 7.48. The summed E-state index contributed by atoms with van der Waals surface area (Å²) in [6.07, 6.45) is 6.79. The molecule has 0 aliphatic heterocycles. The Morgan fingerprint density at radius 3 is 2.45 bits per heavy atom. The zero-order chi connectivity index (χ0) is 21.6. The predicted octanol–water partition coefficient (Wildman–Crippen LogP) is 4.70. The van der Waals surface area contributed by atoms with Crippen molar-refractivity contribution in [1.82, 2.24) is 14.8 Å². The summed E-state index contributed by atoms with van der Waals surface area (Å²) in [6.45, 7) is 2.87. The van der Waals surface area contributed by atoms with Crippen LogP contribution in [0.4, 0.5) is 0 Å². The fourth-order valence-corrected chi connectivity index (χ4v) is 5.21. The predicted molar refractivity (Wildman–Crippen MR) is 120 cm³/mol. The van der Waals surface area contributed by atoms with Gasteiger partial charge in [0.1, 0.15) is 5.75 Å². The first kappa shape index (κ1) is 20.2. The lowest BCUT2D eigenvalue weighted by Gasteiger charge is -2.61. The molecule has 0 radical (unpaired) electrons. The van der Waals surface area contributed by atoms with Crippen LogP contribution in [-0.4, -0.2) is 36.0 Å². The zero-order valence-electron chi connectivity index (χ0n) is 17.9. The van der Waals surface area contributed by atoms with E-state index in [2.05, 4.69) is 11.6 Å². The Kier molecular flexibility index (Phi) is 4.88. The minimum Gasteiger partial charge on any atom is -0.494 e. The van der Waals surface area contributed by atoms with E-state index in [-0.39, 0.29) is 10.4 Å². The highest BCUT2D eigenvalue weighted by atomic mass is 32.2. The van der Waals surface area contributed by atoms with Gasteiger partial charge in [-0.3, -0.25) is 0 Å². The highest BCUT2D eigenvalue weighted by molar-refractivity contribution is 7.90. The Bertz CT molecular complexity index is 1200. The highest BCUT2D eigenvalue weighted by Gasteiger charge is 2.59. The monoisotopic (exact) mass is 437 g/mol. The maximum Gasteiger partial charge on any atom is 0.181 e. The molecule has 1 aromatic heterocycles. The number of ether oxygens (including phenoxy) is 1. The molecule has 2 aromatic carbocycles. The number of hydrogen-bond donors (Lipinski definition) is 0.